The van der Waals surface area contributed by atoms with Crippen molar-refractivity contribution in [3.05, 3.63) is 53.7 Å². The van der Waals surface area contributed by atoms with Crippen LogP contribution in [0.25, 0.3) is 0 Å². The molecule has 0 bridgehead atoms. The number of nitrogens with zero attached hydrogens (tertiary/aromatic N) is 4. The molecule has 3 heterocycles. The highest BCUT2D eigenvalue weighted by Crippen LogP contribution is 2.40. The van der Waals surface area contributed by atoms with Crippen LogP contribution < -0.4 is 15.0 Å². The molecule has 7 nitrogen and oxygen atoms in total. The molecule has 0 spiro atoms. The van der Waals surface area contributed by atoms with Crippen LogP contribution in [0.15, 0.2) is 47.6 Å². The molecule has 7 heteroatoms. The van der Waals surface area contributed by atoms with Crippen molar-refractivity contribution in [1.29, 1.82) is 0 Å². The van der Waals surface area contributed by atoms with E-state index in [-0.39, 0.29) is 5.41 Å². The van der Waals surface area contributed by atoms with Gasteiger partial charge in [0.1, 0.15) is 11.6 Å². The summed E-state index contributed by atoms with van der Waals surface area (Å²) >= 11 is 0. The molecule has 4 rings (SSSR count). The Hall–Kier alpha value is -2.80. The summed E-state index contributed by atoms with van der Waals surface area (Å²) in [6, 6.07) is 12.6. The molecule has 0 saturated carbocycles. The molecule has 2 aliphatic heterocycles. The molecule has 1 aromatic heterocycles. The van der Waals surface area contributed by atoms with Gasteiger partial charge in [0.2, 0.25) is 0 Å². The van der Waals surface area contributed by atoms with Crippen molar-refractivity contribution in [3.63, 3.8) is 0 Å². The number of methoxy groups -OCH3 is 1. The number of piperazine rings is 1. The van der Waals surface area contributed by atoms with Crippen LogP contribution in [-0.4, -0.2) is 75.9 Å². The van der Waals surface area contributed by atoms with E-state index < -0.39 is 0 Å². The highest BCUT2D eigenvalue weighted by atomic mass is 16.5. The highest BCUT2D eigenvalue weighted by Gasteiger charge is 2.37. The predicted octanol–water partition coefficient (Wildman–Crippen LogP) is 2.84. The Morgan fingerprint density at radius 2 is 1.94 bits per heavy atom. The third-order valence-electron chi connectivity index (χ3n) is 6.73. The Bertz CT molecular complexity index is 904. The summed E-state index contributed by atoms with van der Waals surface area (Å²) in [5.41, 5.74) is 2.48. The van der Waals surface area contributed by atoms with E-state index in [0.29, 0.717) is 0 Å². The summed E-state index contributed by atoms with van der Waals surface area (Å²) in [6.45, 7) is 8.18. The number of ether oxygens (including phenoxy) is 2. The average molecular weight is 438 g/mol. The van der Waals surface area contributed by atoms with Crippen molar-refractivity contribution < 1.29 is 9.47 Å². The average Bonchev–Trinajstić information content (AvgIpc) is 2.86. The normalized spacial score (nSPS) is 19.0. The number of benzene rings is 1. The van der Waals surface area contributed by atoms with Gasteiger partial charge in [-0.2, -0.15) is 0 Å². The van der Waals surface area contributed by atoms with Crippen molar-refractivity contribution in [2.45, 2.75) is 25.2 Å². The van der Waals surface area contributed by atoms with E-state index in [9.17, 15) is 0 Å². The number of guanidine groups is 1. The van der Waals surface area contributed by atoms with E-state index in [0.717, 1.165) is 76.3 Å². The molecule has 2 aliphatic rings. The maximum absolute atomic E-state index is 5.76. The lowest BCUT2D eigenvalue weighted by Gasteiger charge is -2.41. The molecule has 32 heavy (non-hydrogen) atoms. The molecule has 1 N–H and O–H groups in total. The summed E-state index contributed by atoms with van der Waals surface area (Å²) in [7, 11) is 3.63. The minimum Gasteiger partial charge on any atom is -0.496 e. The fourth-order valence-electron chi connectivity index (χ4n) is 4.81. The van der Waals surface area contributed by atoms with Gasteiger partial charge >= 0.3 is 0 Å². The first-order chi connectivity index (χ1) is 15.6. The van der Waals surface area contributed by atoms with Crippen molar-refractivity contribution in [2.75, 3.05) is 65.0 Å². The van der Waals surface area contributed by atoms with Gasteiger partial charge in [0, 0.05) is 70.2 Å². The maximum atomic E-state index is 5.76. The third-order valence-corrected chi connectivity index (χ3v) is 6.73. The fraction of sp³-hybridized carbons (Fsp3) is 0.520. The van der Waals surface area contributed by atoms with Gasteiger partial charge in [-0.25, -0.2) is 4.98 Å². The zero-order valence-corrected chi connectivity index (χ0v) is 19.5. The molecule has 2 fully saturated rings. The van der Waals surface area contributed by atoms with Crippen LogP contribution in [0, 0.1) is 6.92 Å². The van der Waals surface area contributed by atoms with Gasteiger partial charge < -0.3 is 24.6 Å². The number of hydrogen-bond acceptors (Lipinski definition) is 5. The molecule has 0 amide bonds. The SMILES string of the molecule is CN=C(NCC1(c2cc(C)ccc2OC)CCOCC1)N1CCN(c2ccccn2)CC1. The van der Waals surface area contributed by atoms with Crippen LogP contribution in [0.5, 0.6) is 5.75 Å². The predicted molar refractivity (Wildman–Crippen MR) is 129 cm³/mol. The highest BCUT2D eigenvalue weighted by molar-refractivity contribution is 5.80. The van der Waals surface area contributed by atoms with E-state index in [1.54, 1.807) is 7.11 Å². The molecule has 0 aliphatic carbocycles. The number of aryl methyl sites for hydroxylation is 1. The second-order valence-corrected chi connectivity index (χ2v) is 8.66. The number of pyridine rings is 1. The summed E-state index contributed by atoms with van der Waals surface area (Å²) < 4.78 is 11.5. The van der Waals surface area contributed by atoms with Crippen molar-refractivity contribution in [2.24, 2.45) is 4.99 Å². The first-order valence-electron chi connectivity index (χ1n) is 11.5. The van der Waals surface area contributed by atoms with Crippen LogP contribution in [0.1, 0.15) is 24.0 Å². The minimum atomic E-state index is -0.0403. The lowest BCUT2D eigenvalue weighted by Crippen LogP contribution is -2.55. The van der Waals surface area contributed by atoms with Crippen LogP contribution in [0.2, 0.25) is 0 Å². The molecule has 0 unspecified atom stereocenters. The summed E-state index contributed by atoms with van der Waals surface area (Å²) in [4.78, 5) is 13.8. The second kappa shape index (κ2) is 10.2. The number of aromatic nitrogens is 1. The molecule has 1 aromatic carbocycles. The largest absolute Gasteiger partial charge is 0.496 e. The molecule has 172 valence electrons. The smallest absolute Gasteiger partial charge is 0.193 e. The standard InChI is InChI=1S/C25H35N5O2/c1-20-7-8-22(31-3)21(18-20)25(9-16-32-17-10-25)19-28-24(26-2)30-14-12-29(13-15-30)23-6-4-5-11-27-23/h4-8,11,18H,9-10,12-17,19H2,1-3H3,(H,26,28). The van der Waals surface area contributed by atoms with Crippen LogP contribution in [0.3, 0.4) is 0 Å². The Kier molecular flexibility index (Phi) is 7.15. The van der Waals surface area contributed by atoms with Gasteiger partial charge in [-0.05, 0) is 38.0 Å². The minimum absolute atomic E-state index is 0.0403. The molecular weight excluding hydrogens is 402 g/mol. The third kappa shape index (κ3) is 4.83. The first kappa shape index (κ1) is 22.4. The van der Waals surface area contributed by atoms with Gasteiger partial charge in [0.25, 0.3) is 0 Å². The number of rotatable bonds is 5. The van der Waals surface area contributed by atoms with Gasteiger partial charge in [-0.3, -0.25) is 4.99 Å². The van der Waals surface area contributed by atoms with Crippen molar-refractivity contribution in [1.82, 2.24) is 15.2 Å². The summed E-state index contributed by atoms with van der Waals surface area (Å²) in [5, 5.41) is 3.70. The lowest BCUT2D eigenvalue weighted by molar-refractivity contribution is 0.0503. The van der Waals surface area contributed by atoms with E-state index in [1.807, 2.05) is 25.4 Å². The van der Waals surface area contributed by atoms with Crippen LogP contribution in [0.4, 0.5) is 5.82 Å². The zero-order valence-electron chi connectivity index (χ0n) is 19.5. The van der Waals surface area contributed by atoms with Gasteiger partial charge in [-0.1, -0.05) is 23.8 Å². The second-order valence-electron chi connectivity index (χ2n) is 8.66. The Morgan fingerprint density at radius 3 is 2.59 bits per heavy atom. The molecular formula is C25H35N5O2. The first-order valence-corrected chi connectivity index (χ1v) is 11.5. The Labute approximate surface area is 191 Å². The van der Waals surface area contributed by atoms with Gasteiger partial charge in [0.15, 0.2) is 5.96 Å². The number of anilines is 1. The Morgan fingerprint density at radius 1 is 1.16 bits per heavy atom. The number of aliphatic imine (C=N–C) groups is 1. The van der Waals surface area contributed by atoms with Gasteiger partial charge in [0.05, 0.1) is 7.11 Å². The van der Waals surface area contributed by atoms with Crippen molar-refractivity contribution in [3.8, 4) is 5.75 Å². The number of hydrogen-bond donors (Lipinski definition) is 1. The zero-order chi connectivity index (χ0) is 22.4. The summed E-state index contributed by atoms with van der Waals surface area (Å²) in [6.07, 6.45) is 3.78. The van der Waals surface area contributed by atoms with Crippen LogP contribution in [-0.2, 0) is 10.2 Å². The van der Waals surface area contributed by atoms with E-state index >= 15 is 0 Å². The lowest BCUT2D eigenvalue weighted by atomic mass is 9.73. The monoisotopic (exact) mass is 437 g/mol. The van der Waals surface area contributed by atoms with E-state index in [1.165, 1.54) is 11.1 Å². The molecule has 2 aromatic rings. The topological polar surface area (TPSA) is 62.2 Å². The van der Waals surface area contributed by atoms with E-state index in [2.05, 4.69) is 56.3 Å². The Balaban J connectivity index is 1.45. The quantitative estimate of drug-likeness (QED) is 0.573. The van der Waals surface area contributed by atoms with Crippen LogP contribution >= 0.6 is 0 Å². The maximum Gasteiger partial charge on any atom is 0.193 e. The summed E-state index contributed by atoms with van der Waals surface area (Å²) in [5.74, 6) is 2.96. The van der Waals surface area contributed by atoms with Gasteiger partial charge in [-0.15, -0.1) is 0 Å². The fourth-order valence-corrected chi connectivity index (χ4v) is 4.81. The molecule has 0 atom stereocenters. The number of nitrogens with one attached hydrogen (secondary N) is 1. The molecule has 0 radical (unpaired) electrons. The molecule has 2 saturated heterocycles. The van der Waals surface area contributed by atoms with E-state index in [4.69, 9.17) is 9.47 Å². The van der Waals surface area contributed by atoms with Crippen molar-refractivity contribution >= 4 is 11.8 Å².